The van der Waals surface area contributed by atoms with E-state index in [4.69, 9.17) is 0 Å². The molecule has 1 N–H and O–H groups in total. The highest BCUT2D eigenvalue weighted by atomic mass is 16.2. The van der Waals surface area contributed by atoms with Crippen molar-refractivity contribution in [3.63, 3.8) is 0 Å². The fraction of sp³-hybridized carbons (Fsp3) is 0. The minimum Gasteiger partial charge on any atom is -0.266 e. The van der Waals surface area contributed by atoms with Gasteiger partial charge in [0.2, 0.25) is 0 Å². The van der Waals surface area contributed by atoms with Crippen molar-refractivity contribution in [1.29, 1.82) is 0 Å². The van der Waals surface area contributed by atoms with Crippen LogP contribution in [-0.4, -0.2) is 17.1 Å². The summed E-state index contributed by atoms with van der Waals surface area (Å²) in [7, 11) is 0. The summed E-state index contributed by atoms with van der Waals surface area (Å²) in [6.45, 7) is 0. The predicted molar refractivity (Wildman–Crippen MR) is 75.7 cm³/mol. The number of carbonyl (C=O) groups is 1. The van der Waals surface area contributed by atoms with Crippen LogP contribution in [0.25, 0.3) is 6.08 Å². The van der Waals surface area contributed by atoms with Gasteiger partial charge in [0.1, 0.15) is 5.69 Å². The van der Waals surface area contributed by atoms with Crippen molar-refractivity contribution < 1.29 is 4.79 Å². The molecule has 19 heavy (non-hydrogen) atoms. The molecule has 0 aliphatic rings. The van der Waals surface area contributed by atoms with E-state index in [1.165, 1.54) is 6.21 Å². The number of hydrogen-bond acceptors (Lipinski definition) is 3. The van der Waals surface area contributed by atoms with Gasteiger partial charge in [-0.25, -0.2) is 5.43 Å². The first-order chi connectivity index (χ1) is 9.36. The summed E-state index contributed by atoms with van der Waals surface area (Å²) in [5.74, 6) is -0.329. The third kappa shape index (κ3) is 4.20. The van der Waals surface area contributed by atoms with Gasteiger partial charge >= 0.3 is 0 Å². The first-order valence-corrected chi connectivity index (χ1v) is 5.82. The molecule has 0 fully saturated rings. The Balaban J connectivity index is 1.84. The second-order valence-corrected chi connectivity index (χ2v) is 3.70. The van der Waals surface area contributed by atoms with Crippen molar-refractivity contribution >= 4 is 18.2 Å². The third-order valence-electron chi connectivity index (χ3n) is 2.31. The zero-order chi connectivity index (χ0) is 13.3. The highest BCUT2D eigenvalue weighted by Gasteiger charge is 2.02. The van der Waals surface area contributed by atoms with Crippen LogP contribution in [0.15, 0.2) is 65.9 Å². The largest absolute Gasteiger partial charge is 0.289 e. The predicted octanol–water partition coefficient (Wildman–Crippen LogP) is 2.51. The Kier molecular flexibility index (Phi) is 4.58. The maximum atomic E-state index is 11.6. The van der Waals surface area contributed by atoms with E-state index in [0.717, 1.165) is 5.56 Å². The summed E-state index contributed by atoms with van der Waals surface area (Å²) >= 11 is 0. The van der Waals surface area contributed by atoms with Crippen molar-refractivity contribution in [2.24, 2.45) is 5.10 Å². The van der Waals surface area contributed by atoms with E-state index < -0.39 is 0 Å². The number of nitrogens with zero attached hydrogens (tertiary/aromatic N) is 2. The molecule has 0 spiro atoms. The first kappa shape index (κ1) is 12.7. The quantitative estimate of drug-likeness (QED) is 0.670. The lowest BCUT2D eigenvalue weighted by Crippen LogP contribution is -2.18. The third-order valence-corrected chi connectivity index (χ3v) is 2.31. The van der Waals surface area contributed by atoms with Gasteiger partial charge in [-0.3, -0.25) is 9.78 Å². The summed E-state index contributed by atoms with van der Waals surface area (Å²) in [6, 6.07) is 15.0. The number of aromatic nitrogens is 1. The number of hydrazone groups is 1. The normalized spacial score (nSPS) is 10.9. The van der Waals surface area contributed by atoms with Gasteiger partial charge in [-0.05, 0) is 23.8 Å². The van der Waals surface area contributed by atoms with Crippen LogP contribution in [0.3, 0.4) is 0 Å². The average molecular weight is 251 g/mol. The second-order valence-electron chi connectivity index (χ2n) is 3.70. The Morgan fingerprint density at radius 3 is 2.63 bits per heavy atom. The molecular formula is C15H13N3O. The molecular weight excluding hydrogens is 238 g/mol. The van der Waals surface area contributed by atoms with Gasteiger partial charge in [0.25, 0.3) is 5.91 Å². The molecule has 1 aromatic carbocycles. The van der Waals surface area contributed by atoms with E-state index in [-0.39, 0.29) is 5.91 Å². The van der Waals surface area contributed by atoms with Gasteiger partial charge in [0, 0.05) is 12.4 Å². The molecule has 0 saturated heterocycles. The highest BCUT2D eigenvalue weighted by molar-refractivity contribution is 5.92. The van der Waals surface area contributed by atoms with Crippen molar-refractivity contribution in [3.05, 3.63) is 72.1 Å². The van der Waals surface area contributed by atoms with Crippen LogP contribution in [0.2, 0.25) is 0 Å². The molecule has 2 rings (SSSR count). The fourth-order valence-corrected chi connectivity index (χ4v) is 1.41. The molecule has 4 heteroatoms. The Morgan fingerprint density at radius 1 is 1.11 bits per heavy atom. The minimum absolute atomic E-state index is 0.329. The summed E-state index contributed by atoms with van der Waals surface area (Å²) in [4.78, 5) is 15.5. The second kappa shape index (κ2) is 6.86. The number of allylic oxidation sites excluding steroid dienone is 1. The molecule has 4 nitrogen and oxygen atoms in total. The molecule has 0 bridgehead atoms. The standard InChI is InChI=1S/C15H13N3O/c19-15(14-10-4-5-11-16-14)18-17-12-6-9-13-7-2-1-3-8-13/h1-12H,(H,18,19)/b9-6+,17-12?. The SMILES string of the molecule is O=C(NN=C/C=C/c1ccccc1)c1ccccn1. The van der Waals surface area contributed by atoms with Crippen molar-refractivity contribution in [1.82, 2.24) is 10.4 Å². The number of carbonyl (C=O) groups excluding carboxylic acids is 1. The lowest BCUT2D eigenvalue weighted by atomic mass is 10.2. The maximum absolute atomic E-state index is 11.6. The number of rotatable bonds is 4. The molecule has 0 aliphatic carbocycles. The van der Waals surface area contributed by atoms with Crippen molar-refractivity contribution in [2.75, 3.05) is 0 Å². The number of nitrogens with one attached hydrogen (secondary N) is 1. The molecule has 1 amide bonds. The minimum atomic E-state index is -0.329. The van der Waals surface area contributed by atoms with Crippen LogP contribution in [0.1, 0.15) is 16.1 Å². The zero-order valence-electron chi connectivity index (χ0n) is 10.2. The first-order valence-electron chi connectivity index (χ1n) is 5.82. The van der Waals surface area contributed by atoms with Gasteiger partial charge < -0.3 is 0 Å². The summed E-state index contributed by atoms with van der Waals surface area (Å²) < 4.78 is 0. The zero-order valence-corrected chi connectivity index (χ0v) is 10.2. The van der Waals surface area contributed by atoms with E-state index in [1.54, 1.807) is 30.5 Å². The topological polar surface area (TPSA) is 54.4 Å². The summed E-state index contributed by atoms with van der Waals surface area (Å²) in [5.41, 5.74) is 3.82. The average Bonchev–Trinajstić information content (AvgIpc) is 2.49. The van der Waals surface area contributed by atoms with Gasteiger partial charge in [-0.2, -0.15) is 5.10 Å². The van der Waals surface area contributed by atoms with Gasteiger partial charge in [0.05, 0.1) is 0 Å². The molecule has 1 aromatic heterocycles. The Labute approximate surface area is 111 Å². The van der Waals surface area contributed by atoms with Gasteiger partial charge in [0.15, 0.2) is 0 Å². The number of hydrogen-bond donors (Lipinski definition) is 1. The summed E-state index contributed by atoms with van der Waals surface area (Å²) in [6.07, 6.45) is 6.74. The van der Waals surface area contributed by atoms with Crippen LogP contribution in [0.4, 0.5) is 0 Å². The van der Waals surface area contributed by atoms with Crippen LogP contribution in [-0.2, 0) is 0 Å². The Hall–Kier alpha value is -2.75. The fourth-order valence-electron chi connectivity index (χ4n) is 1.41. The van der Waals surface area contributed by atoms with E-state index >= 15 is 0 Å². The lowest BCUT2D eigenvalue weighted by Gasteiger charge is -1.96. The Morgan fingerprint density at radius 2 is 1.89 bits per heavy atom. The van der Waals surface area contributed by atoms with Crippen LogP contribution >= 0.6 is 0 Å². The van der Waals surface area contributed by atoms with Crippen molar-refractivity contribution in [2.45, 2.75) is 0 Å². The number of benzene rings is 1. The summed E-state index contributed by atoms with van der Waals surface area (Å²) in [5, 5.41) is 3.81. The molecule has 1 heterocycles. The molecule has 0 unspecified atom stereocenters. The highest BCUT2D eigenvalue weighted by Crippen LogP contribution is 1.99. The van der Waals surface area contributed by atoms with E-state index in [0.29, 0.717) is 5.69 Å². The molecule has 94 valence electrons. The number of amides is 1. The van der Waals surface area contributed by atoms with Gasteiger partial charge in [-0.1, -0.05) is 42.5 Å². The van der Waals surface area contributed by atoms with Gasteiger partial charge in [-0.15, -0.1) is 0 Å². The molecule has 2 aromatic rings. The van der Waals surface area contributed by atoms with Crippen molar-refractivity contribution in [3.8, 4) is 0 Å². The van der Waals surface area contributed by atoms with E-state index in [1.807, 2.05) is 36.4 Å². The monoisotopic (exact) mass is 251 g/mol. The number of pyridine rings is 1. The maximum Gasteiger partial charge on any atom is 0.289 e. The Bertz CT molecular complexity index is 577. The van der Waals surface area contributed by atoms with Crippen LogP contribution < -0.4 is 5.43 Å². The molecule has 0 saturated carbocycles. The lowest BCUT2D eigenvalue weighted by molar-refractivity contribution is 0.0950. The molecule has 0 radical (unpaired) electrons. The van der Waals surface area contributed by atoms with Crippen LogP contribution in [0, 0.1) is 0 Å². The smallest absolute Gasteiger partial charge is 0.266 e. The molecule has 0 aliphatic heterocycles. The molecule has 0 atom stereocenters. The van der Waals surface area contributed by atoms with E-state index in [2.05, 4.69) is 15.5 Å². The van der Waals surface area contributed by atoms with Crippen LogP contribution in [0.5, 0.6) is 0 Å². The van der Waals surface area contributed by atoms with E-state index in [9.17, 15) is 4.79 Å².